The number of hydrogen-bond donors (Lipinski definition) is 2. The Labute approximate surface area is 88.4 Å². The quantitative estimate of drug-likeness (QED) is 0.714. The van der Waals surface area contributed by atoms with E-state index in [0.717, 1.165) is 0 Å². The molecule has 2 aromatic rings. The van der Waals surface area contributed by atoms with Crippen molar-refractivity contribution in [2.75, 3.05) is 0 Å². The van der Waals surface area contributed by atoms with Crippen molar-refractivity contribution >= 4 is 22.6 Å². The summed E-state index contributed by atoms with van der Waals surface area (Å²) < 4.78 is 0. The number of nitrogens with zero attached hydrogens (tertiary/aromatic N) is 2. The maximum atomic E-state index is 9.29. The molecule has 0 fully saturated rings. The van der Waals surface area contributed by atoms with Crippen LogP contribution in [0.25, 0.3) is 11.0 Å². The molecule has 0 saturated heterocycles. The molecule has 0 aliphatic carbocycles. The minimum atomic E-state index is -0.0297. The molecule has 66 valence electrons. The standard InChI is InChI=1S/C6H4ClN3O.Ag/c7-3-1-2-4-5(6(3)11)9-10-8-4;/h1-2,11H,(H,8,9,10);/q;+1. The zero-order chi connectivity index (χ0) is 7.84. The summed E-state index contributed by atoms with van der Waals surface area (Å²) in [5.41, 5.74) is 1.00. The van der Waals surface area contributed by atoms with Gasteiger partial charge in [-0.25, -0.2) is 0 Å². The molecular weight excluding hydrogens is 273 g/mol. The van der Waals surface area contributed by atoms with E-state index in [0.29, 0.717) is 11.0 Å². The van der Waals surface area contributed by atoms with Crippen LogP contribution < -0.4 is 0 Å². The monoisotopic (exact) mass is 276 g/mol. The molecule has 0 amide bonds. The van der Waals surface area contributed by atoms with E-state index in [1.54, 1.807) is 12.1 Å². The molecule has 2 rings (SSSR count). The summed E-state index contributed by atoms with van der Waals surface area (Å²) in [4.78, 5) is 0. The number of phenols is 1. The fourth-order valence-electron chi connectivity index (χ4n) is 0.874. The molecule has 0 atom stereocenters. The average molecular weight is 277 g/mol. The van der Waals surface area contributed by atoms with E-state index < -0.39 is 0 Å². The van der Waals surface area contributed by atoms with Crippen molar-refractivity contribution in [2.45, 2.75) is 0 Å². The average Bonchev–Trinajstić information content (AvgIpc) is 2.45. The van der Waals surface area contributed by atoms with Crippen molar-refractivity contribution in [3.63, 3.8) is 0 Å². The summed E-state index contributed by atoms with van der Waals surface area (Å²) >= 11 is 5.61. The van der Waals surface area contributed by atoms with Gasteiger partial charge in [-0.05, 0) is 12.1 Å². The van der Waals surface area contributed by atoms with Crippen LogP contribution in [0.2, 0.25) is 5.02 Å². The van der Waals surface area contributed by atoms with E-state index in [-0.39, 0.29) is 33.2 Å². The maximum absolute atomic E-state index is 9.29. The predicted molar refractivity (Wildman–Crippen MR) is 40.6 cm³/mol. The topological polar surface area (TPSA) is 61.8 Å². The Hall–Kier alpha value is -0.550. The summed E-state index contributed by atoms with van der Waals surface area (Å²) in [6.07, 6.45) is 0. The van der Waals surface area contributed by atoms with Crippen LogP contribution in [0, 0.1) is 0 Å². The summed E-state index contributed by atoms with van der Waals surface area (Å²) in [6, 6.07) is 3.25. The Morgan fingerprint density at radius 1 is 1.33 bits per heavy atom. The second-order valence-electron chi connectivity index (χ2n) is 2.09. The molecule has 0 aliphatic heterocycles. The first-order chi connectivity index (χ1) is 5.29. The largest absolute Gasteiger partial charge is 1.00 e. The summed E-state index contributed by atoms with van der Waals surface area (Å²) in [5, 5.41) is 19.4. The van der Waals surface area contributed by atoms with Crippen LogP contribution in [0.4, 0.5) is 0 Å². The van der Waals surface area contributed by atoms with Gasteiger partial charge >= 0.3 is 22.4 Å². The van der Waals surface area contributed by atoms with Gasteiger partial charge in [0.05, 0.1) is 5.02 Å². The Bertz CT molecular complexity index is 403. The Kier molecular flexibility index (Phi) is 2.74. The SMILES string of the molecule is Oc1c(Cl)ccc2n[nH]nc12.[Ag+]. The minimum absolute atomic E-state index is 0. The smallest absolute Gasteiger partial charge is 0.504 e. The molecular formula is C6H4AgClN3O+. The van der Waals surface area contributed by atoms with Crippen molar-refractivity contribution in [1.82, 2.24) is 15.4 Å². The summed E-state index contributed by atoms with van der Waals surface area (Å²) in [5.74, 6) is -0.0297. The molecule has 0 radical (unpaired) electrons. The van der Waals surface area contributed by atoms with Gasteiger partial charge in [-0.2, -0.15) is 15.4 Å². The van der Waals surface area contributed by atoms with Crippen LogP contribution >= 0.6 is 11.6 Å². The van der Waals surface area contributed by atoms with Gasteiger partial charge in [-0.3, -0.25) is 0 Å². The van der Waals surface area contributed by atoms with E-state index >= 15 is 0 Å². The maximum Gasteiger partial charge on any atom is 1.00 e. The van der Waals surface area contributed by atoms with E-state index in [4.69, 9.17) is 11.6 Å². The second-order valence-corrected chi connectivity index (χ2v) is 2.49. The van der Waals surface area contributed by atoms with Crippen LogP contribution in [0.3, 0.4) is 0 Å². The third-order valence-corrected chi connectivity index (χ3v) is 1.72. The third-order valence-electron chi connectivity index (χ3n) is 1.41. The zero-order valence-electron chi connectivity index (χ0n) is 5.68. The van der Waals surface area contributed by atoms with Crippen LogP contribution in [0.1, 0.15) is 0 Å². The first-order valence-corrected chi connectivity index (χ1v) is 3.35. The van der Waals surface area contributed by atoms with Gasteiger partial charge in [0, 0.05) is 0 Å². The molecule has 1 aromatic carbocycles. The predicted octanol–water partition coefficient (Wildman–Crippen LogP) is 1.31. The van der Waals surface area contributed by atoms with Gasteiger partial charge in [-0.1, -0.05) is 11.6 Å². The molecule has 0 aliphatic rings. The minimum Gasteiger partial charge on any atom is -0.504 e. The number of nitrogens with one attached hydrogen (secondary N) is 1. The first kappa shape index (κ1) is 9.54. The Morgan fingerprint density at radius 2 is 2.08 bits per heavy atom. The van der Waals surface area contributed by atoms with E-state index in [9.17, 15) is 5.11 Å². The molecule has 1 heterocycles. The number of H-pyrrole nitrogens is 1. The van der Waals surface area contributed by atoms with Crippen molar-refractivity contribution in [3.8, 4) is 5.75 Å². The fourth-order valence-corrected chi connectivity index (χ4v) is 1.03. The van der Waals surface area contributed by atoms with Gasteiger partial charge < -0.3 is 5.11 Å². The zero-order valence-corrected chi connectivity index (χ0v) is 7.91. The number of aromatic nitrogens is 3. The molecule has 4 nitrogen and oxygen atoms in total. The number of hydrogen-bond acceptors (Lipinski definition) is 3. The molecule has 0 spiro atoms. The molecule has 0 unspecified atom stereocenters. The summed E-state index contributed by atoms with van der Waals surface area (Å²) in [6.45, 7) is 0. The number of phenolic OH excluding ortho intramolecular Hbond substituents is 1. The molecule has 2 N–H and O–H groups in total. The first-order valence-electron chi connectivity index (χ1n) is 2.97. The Balaban J connectivity index is 0.000000720. The van der Waals surface area contributed by atoms with Crippen molar-refractivity contribution in [1.29, 1.82) is 0 Å². The number of aromatic amines is 1. The van der Waals surface area contributed by atoms with Crippen molar-refractivity contribution in [2.24, 2.45) is 0 Å². The number of aromatic hydroxyl groups is 1. The van der Waals surface area contributed by atoms with E-state index in [2.05, 4.69) is 15.4 Å². The number of benzene rings is 1. The number of rotatable bonds is 0. The van der Waals surface area contributed by atoms with Crippen LogP contribution in [0.15, 0.2) is 12.1 Å². The molecule has 0 bridgehead atoms. The van der Waals surface area contributed by atoms with Crippen LogP contribution in [-0.2, 0) is 22.4 Å². The Morgan fingerprint density at radius 3 is 2.83 bits per heavy atom. The third kappa shape index (κ3) is 1.34. The van der Waals surface area contributed by atoms with Gasteiger partial charge in [-0.15, -0.1) is 0 Å². The molecule has 6 heteroatoms. The second kappa shape index (κ2) is 3.45. The van der Waals surface area contributed by atoms with E-state index in [1.165, 1.54) is 0 Å². The molecule has 12 heavy (non-hydrogen) atoms. The van der Waals surface area contributed by atoms with Crippen molar-refractivity contribution < 1.29 is 27.5 Å². The fraction of sp³-hybridized carbons (Fsp3) is 0. The van der Waals surface area contributed by atoms with Crippen LogP contribution in [-0.4, -0.2) is 20.5 Å². The summed E-state index contributed by atoms with van der Waals surface area (Å²) in [7, 11) is 0. The van der Waals surface area contributed by atoms with Gasteiger partial charge in [0.2, 0.25) is 0 Å². The van der Waals surface area contributed by atoms with Crippen LogP contribution in [0.5, 0.6) is 5.75 Å². The number of fused-ring (bicyclic) bond motifs is 1. The van der Waals surface area contributed by atoms with Gasteiger partial charge in [0.25, 0.3) is 0 Å². The van der Waals surface area contributed by atoms with Crippen molar-refractivity contribution in [3.05, 3.63) is 17.2 Å². The molecule has 1 aromatic heterocycles. The van der Waals surface area contributed by atoms with Gasteiger partial charge in [0.1, 0.15) is 5.52 Å². The normalized spacial score (nSPS) is 9.75. The number of halogens is 1. The molecule has 0 saturated carbocycles. The van der Waals surface area contributed by atoms with E-state index in [1.807, 2.05) is 0 Å². The van der Waals surface area contributed by atoms with Gasteiger partial charge in [0.15, 0.2) is 11.3 Å².